The minimum absolute atomic E-state index is 0.0872. The van der Waals surface area contributed by atoms with E-state index in [0.29, 0.717) is 61.0 Å². The summed E-state index contributed by atoms with van der Waals surface area (Å²) in [5.41, 5.74) is 2.60. The Kier molecular flexibility index (Phi) is 6.40. The molecular weight excluding hydrogens is 622 g/mol. The van der Waals surface area contributed by atoms with Crippen LogP contribution in [-0.2, 0) is 11.8 Å². The molecule has 7 nitrogen and oxygen atoms in total. The number of imidazole rings is 1. The third kappa shape index (κ3) is 4.15. The minimum Gasteiger partial charge on any atom is -0.481 e. The second kappa shape index (κ2) is 9.74. The number of hydrogen-bond acceptors (Lipinski definition) is 5. The average Bonchev–Trinajstić information content (AvgIpc) is 3.51. The molecular formula is C29H26BrCl2FN4O3. The summed E-state index contributed by atoms with van der Waals surface area (Å²) in [5.74, 6) is -0.716. The molecule has 3 fully saturated rings. The van der Waals surface area contributed by atoms with Crippen LogP contribution in [0.25, 0.3) is 22.3 Å². The SMILES string of the molecule is Cn1c(N2[C@@H]3CC[C@H]2C[C@@H](C(C(=O)O)c2c(-c4c(Cl)cccc4Cl)noc2C2CC2)C3)nc2c(F)cc(Br)cc21. The first-order valence-corrected chi connectivity index (χ1v) is 15.0. The van der Waals surface area contributed by atoms with Gasteiger partial charge in [0, 0.05) is 40.6 Å². The van der Waals surface area contributed by atoms with Crippen LogP contribution in [0.2, 0.25) is 10.0 Å². The van der Waals surface area contributed by atoms with Crippen molar-refractivity contribution < 1.29 is 18.8 Å². The summed E-state index contributed by atoms with van der Waals surface area (Å²) in [4.78, 5) is 20.1. The van der Waals surface area contributed by atoms with Crippen molar-refractivity contribution in [2.24, 2.45) is 13.0 Å². The summed E-state index contributed by atoms with van der Waals surface area (Å²) in [5, 5.41) is 15.9. The molecule has 208 valence electrons. The van der Waals surface area contributed by atoms with E-state index in [0.717, 1.165) is 31.6 Å². The van der Waals surface area contributed by atoms with Crippen LogP contribution in [0.3, 0.4) is 0 Å². The molecule has 0 spiro atoms. The average molecular weight is 648 g/mol. The van der Waals surface area contributed by atoms with Gasteiger partial charge in [0.15, 0.2) is 5.82 Å². The number of rotatable bonds is 6. The Morgan fingerprint density at radius 2 is 1.82 bits per heavy atom. The first-order valence-electron chi connectivity index (χ1n) is 13.5. The zero-order valence-corrected chi connectivity index (χ0v) is 24.7. The van der Waals surface area contributed by atoms with E-state index in [-0.39, 0.29) is 29.7 Å². The third-order valence-corrected chi connectivity index (χ3v) is 9.92. The van der Waals surface area contributed by atoms with E-state index >= 15 is 0 Å². The van der Waals surface area contributed by atoms with Crippen LogP contribution in [0.5, 0.6) is 0 Å². The van der Waals surface area contributed by atoms with Gasteiger partial charge in [-0.05, 0) is 68.7 Å². The van der Waals surface area contributed by atoms with E-state index in [1.165, 1.54) is 6.07 Å². The minimum atomic E-state index is -0.901. The smallest absolute Gasteiger partial charge is 0.311 e. The van der Waals surface area contributed by atoms with Gasteiger partial charge in [-0.1, -0.05) is 50.4 Å². The molecule has 3 aliphatic rings. The molecule has 11 heteroatoms. The highest BCUT2D eigenvalue weighted by Gasteiger charge is 2.49. The molecule has 1 saturated carbocycles. The molecule has 2 aromatic heterocycles. The lowest BCUT2D eigenvalue weighted by molar-refractivity contribution is -0.140. The Balaban J connectivity index is 1.28. The lowest BCUT2D eigenvalue weighted by Gasteiger charge is -2.41. The number of aryl methyl sites for hydroxylation is 1. The molecule has 7 rings (SSSR count). The number of benzene rings is 2. The second-order valence-electron chi connectivity index (χ2n) is 11.2. The summed E-state index contributed by atoms with van der Waals surface area (Å²) in [6.45, 7) is 0. The molecule has 2 bridgehead atoms. The number of anilines is 1. The first-order chi connectivity index (χ1) is 19.2. The summed E-state index contributed by atoms with van der Waals surface area (Å²) in [6, 6.07) is 8.68. The standard InChI is InChI=1S/C29H26BrCl2FN4O3/c1-36-21-12-15(30)11-20(33)25(21)34-29(36)37-16-7-8-17(37)10-14(9-16)22(28(38)39)24-26(35-40-27(24)13-5-6-13)23-18(31)3-2-4-19(23)32/h2-4,11-14,16-17,22H,5-10H2,1H3,(H,38,39)/t14-,16+,17-,22?. The Morgan fingerprint density at radius 3 is 2.45 bits per heavy atom. The van der Waals surface area contributed by atoms with Crippen LogP contribution < -0.4 is 4.90 Å². The highest BCUT2D eigenvalue weighted by atomic mass is 79.9. The van der Waals surface area contributed by atoms with E-state index in [4.69, 9.17) is 32.7 Å². The van der Waals surface area contributed by atoms with Crippen molar-refractivity contribution in [2.75, 3.05) is 4.90 Å². The van der Waals surface area contributed by atoms with Gasteiger partial charge in [-0.15, -0.1) is 0 Å². The van der Waals surface area contributed by atoms with Crippen LogP contribution in [0, 0.1) is 11.7 Å². The van der Waals surface area contributed by atoms with Crippen molar-refractivity contribution in [1.29, 1.82) is 0 Å². The van der Waals surface area contributed by atoms with Crippen molar-refractivity contribution in [3.05, 3.63) is 62.0 Å². The molecule has 1 unspecified atom stereocenters. The largest absolute Gasteiger partial charge is 0.481 e. The van der Waals surface area contributed by atoms with E-state index < -0.39 is 11.9 Å². The topological polar surface area (TPSA) is 84.4 Å². The Hall–Kier alpha value is -2.62. The van der Waals surface area contributed by atoms with Crippen LogP contribution in [0.15, 0.2) is 39.3 Å². The van der Waals surface area contributed by atoms with Crippen LogP contribution in [0.1, 0.15) is 61.7 Å². The maximum Gasteiger partial charge on any atom is 0.311 e. The van der Waals surface area contributed by atoms with Crippen LogP contribution >= 0.6 is 39.1 Å². The quantitative estimate of drug-likeness (QED) is 0.229. The Morgan fingerprint density at radius 1 is 1.15 bits per heavy atom. The number of carboxylic acid groups (broad SMARTS) is 1. The number of carboxylic acids is 1. The number of fused-ring (bicyclic) bond motifs is 3. The van der Waals surface area contributed by atoms with Gasteiger partial charge in [0.2, 0.25) is 5.95 Å². The van der Waals surface area contributed by atoms with Crippen molar-refractivity contribution >= 4 is 62.1 Å². The van der Waals surface area contributed by atoms with Crippen molar-refractivity contribution in [3.63, 3.8) is 0 Å². The molecule has 0 radical (unpaired) electrons. The van der Waals surface area contributed by atoms with Crippen LogP contribution in [0.4, 0.5) is 10.3 Å². The van der Waals surface area contributed by atoms with E-state index in [1.807, 2.05) is 17.7 Å². The summed E-state index contributed by atoms with van der Waals surface area (Å²) in [7, 11) is 1.90. The second-order valence-corrected chi connectivity index (χ2v) is 13.0. The van der Waals surface area contributed by atoms with Crippen molar-refractivity contribution in [1.82, 2.24) is 14.7 Å². The van der Waals surface area contributed by atoms with Crippen molar-refractivity contribution in [3.8, 4) is 11.3 Å². The molecule has 2 aromatic carbocycles. The van der Waals surface area contributed by atoms with Gasteiger partial charge in [-0.2, -0.15) is 0 Å². The normalized spacial score (nSPS) is 23.2. The summed E-state index contributed by atoms with van der Waals surface area (Å²) < 4.78 is 23.2. The van der Waals surface area contributed by atoms with Gasteiger partial charge < -0.3 is 19.1 Å². The van der Waals surface area contributed by atoms with Crippen molar-refractivity contribution in [2.45, 2.75) is 62.4 Å². The van der Waals surface area contributed by atoms with Crippen LogP contribution in [-0.4, -0.2) is 37.9 Å². The molecule has 0 amide bonds. The fourth-order valence-electron chi connectivity index (χ4n) is 6.97. The summed E-state index contributed by atoms with van der Waals surface area (Å²) in [6.07, 6.45) is 5.04. The zero-order valence-electron chi connectivity index (χ0n) is 21.6. The lowest BCUT2D eigenvalue weighted by Crippen LogP contribution is -2.46. The molecule has 40 heavy (non-hydrogen) atoms. The Bertz CT molecular complexity index is 1630. The molecule has 1 N–H and O–H groups in total. The predicted octanol–water partition coefficient (Wildman–Crippen LogP) is 7.93. The number of nitrogens with zero attached hydrogens (tertiary/aromatic N) is 4. The third-order valence-electron chi connectivity index (χ3n) is 8.83. The van der Waals surface area contributed by atoms with Gasteiger partial charge >= 0.3 is 5.97 Å². The molecule has 4 atom stereocenters. The van der Waals surface area contributed by atoms with Gasteiger partial charge in [0.25, 0.3) is 0 Å². The molecule has 4 aromatic rings. The van der Waals surface area contributed by atoms with E-state index in [2.05, 4.69) is 26.0 Å². The maximum absolute atomic E-state index is 14.8. The number of carbonyl (C=O) groups is 1. The predicted molar refractivity (Wildman–Crippen MR) is 155 cm³/mol. The molecule has 2 aliphatic heterocycles. The van der Waals surface area contributed by atoms with Gasteiger partial charge in [-0.3, -0.25) is 4.79 Å². The number of hydrogen-bond donors (Lipinski definition) is 1. The monoisotopic (exact) mass is 646 g/mol. The van der Waals surface area contributed by atoms with E-state index in [1.54, 1.807) is 18.2 Å². The summed E-state index contributed by atoms with van der Waals surface area (Å²) >= 11 is 16.5. The van der Waals surface area contributed by atoms with E-state index in [9.17, 15) is 14.3 Å². The van der Waals surface area contributed by atoms with Gasteiger partial charge in [0.05, 0.1) is 21.5 Å². The van der Waals surface area contributed by atoms with Gasteiger partial charge in [-0.25, -0.2) is 9.37 Å². The number of aromatic nitrogens is 3. The number of piperidine rings is 1. The lowest BCUT2D eigenvalue weighted by atomic mass is 9.75. The fourth-order valence-corrected chi connectivity index (χ4v) is 7.96. The Labute approximate surface area is 248 Å². The zero-order chi connectivity index (χ0) is 27.9. The molecule has 2 saturated heterocycles. The number of aliphatic carboxylic acids is 1. The highest BCUT2D eigenvalue weighted by Crippen LogP contribution is 2.53. The maximum atomic E-state index is 14.8. The molecule has 1 aliphatic carbocycles. The molecule has 4 heterocycles. The van der Waals surface area contributed by atoms with Gasteiger partial charge in [0.1, 0.15) is 17.0 Å². The fraction of sp³-hybridized carbons (Fsp3) is 0.414. The number of halogens is 4. The highest BCUT2D eigenvalue weighted by molar-refractivity contribution is 9.10. The first kappa shape index (κ1) is 26.3.